The van der Waals surface area contributed by atoms with Gasteiger partial charge >= 0.3 is 6.03 Å². The summed E-state index contributed by atoms with van der Waals surface area (Å²) in [7, 11) is 0. The highest BCUT2D eigenvalue weighted by Gasteiger charge is 2.30. The van der Waals surface area contributed by atoms with E-state index in [1.165, 1.54) is 0 Å². The van der Waals surface area contributed by atoms with Crippen LogP contribution in [0, 0.1) is 0 Å². The van der Waals surface area contributed by atoms with E-state index in [1.54, 1.807) is 17.3 Å². The molecule has 3 heterocycles. The van der Waals surface area contributed by atoms with Crippen molar-refractivity contribution in [2.45, 2.75) is 38.1 Å². The molecule has 2 fully saturated rings. The van der Waals surface area contributed by atoms with Crippen molar-refractivity contribution in [1.29, 1.82) is 0 Å². The van der Waals surface area contributed by atoms with Crippen LogP contribution in [0.2, 0.25) is 0 Å². The third-order valence-corrected chi connectivity index (χ3v) is 5.06. The fourth-order valence-corrected chi connectivity index (χ4v) is 3.46. The Morgan fingerprint density at radius 3 is 2.39 bits per heavy atom. The Morgan fingerprint density at radius 2 is 1.79 bits per heavy atom. The maximum Gasteiger partial charge on any atom is 0.322 e. The molecule has 0 radical (unpaired) electrons. The van der Waals surface area contributed by atoms with Crippen LogP contribution in [-0.4, -0.2) is 70.8 Å². The van der Waals surface area contributed by atoms with Crippen molar-refractivity contribution in [3.05, 3.63) is 30.1 Å². The number of carbonyl (C=O) groups excluding carboxylic acids is 4. The highest BCUT2D eigenvalue weighted by atomic mass is 16.2. The summed E-state index contributed by atoms with van der Waals surface area (Å²) in [4.78, 5) is 55.2. The molecule has 2 saturated heterocycles. The van der Waals surface area contributed by atoms with E-state index in [2.05, 4.69) is 15.6 Å². The molecule has 2 aliphatic heterocycles. The number of aryl methyl sites for hydroxylation is 1. The summed E-state index contributed by atoms with van der Waals surface area (Å²) < 4.78 is 0. The van der Waals surface area contributed by atoms with Gasteiger partial charge in [-0.25, -0.2) is 4.79 Å². The molecule has 0 bridgehead atoms. The van der Waals surface area contributed by atoms with Crippen LogP contribution in [0.3, 0.4) is 0 Å². The summed E-state index contributed by atoms with van der Waals surface area (Å²) in [6.07, 6.45) is 5.75. The maximum atomic E-state index is 12.5. The summed E-state index contributed by atoms with van der Waals surface area (Å²) in [6.45, 7) is 2.23. The maximum absolute atomic E-state index is 12.5. The third kappa shape index (κ3) is 5.28. The highest BCUT2D eigenvalue weighted by molar-refractivity contribution is 6.04. The topological polar surface area (TPSA) is 112 Å². The van der Waals surface area contributed by atoms with Crippen molar-refractivity contribution < 1.29 is 19.2 Å². The number of urea groups is 1. The molecule has 9 heteroatoms. The number of nitrogens with zero attached hydrogens (tertiary/aromatic N) is 3. The number of aromatic nitrogens is 1. The van der Waals surface area contributed by atoms with Crippen LogP contribution < -0.4 is 10.6 Å². The van der Waals surface area contributed by atoms with Gasteiger partial charge in [0.2, 0.25) is 11.8 Å². The second kappa shape index (κ2) is 9.29. The molecule has 0 spiro atoms. The van der Waals surface area contributed by atoms with Crippen molar-refractivity contribution >= 4 is 23.8 Å². The van der Waals surface area contributed by atoms with Gasteiger partial charge in [0.15, 0.2) is 0 Å². The number of hydrogen-bond acceptors (Lipinski definition) is 5. The van der Waals surface area contributed by atoms with Gasteiger partial charge < -0.3 is 15.1 Å². The largest absolute Gasteiger partial charge is 0.341 e. The number of carbonyl (C=O) groups is 4. The van der Waals surface area contributed by atoms with E-state index in [0.29, 0.717) is 39.0 Å². The molecule has 3 rings (SSSR count). The summed E-state index contributed by atoms with van der Waals surface area (Å²) in [5, 5.41) is 4.66. The molecular weight excluding hydrogens is 362 g/mol. The van der Waals surface area contributed by atoms with Gasteiger partial charge in [0.25, 0.3) is 5.91 Å². The Hall–Kier alpha value is -2.97. The van der Waals surface area contributed by atoms with E-state index >= 15 is 0 Å². The predicted molar refractivity (Wildman–Crippen MR) is 100 cm³/mol. The number of amides is 5. The van der Waals surface area contributed by atoms with E-state index in [4.69, 9.17) is 0 Å². The van der Waals surface area contributed by atoms with Gasteiger partial charge in [0, 0.05) is 51.4 Å². The molecule has 28 heavy (non-hydrogen) atoms. The minimum absolute atomic E-state index is 0.0568. The number of nitrogens with one attached hydrogen (secondary N) is 2. The van der Waals surface area contributed by atoms with Crippen LogP contribution in [0.5, 0.6) is 0 Å². The van der Waals surface area contributed by atoms with Crippen molar-refractivity contribution in [1.82, 2.24) is 25.4 Å². The van der Waals surface area contributed by atoms with E-state index in [1.807, 2.05) is 17.0 Å². The Balaban J connectivity index is 1.42. The second-order valence-electron chi connectivity index (χ2n) is 7.03. The van der Waals surface area contributed by atoms with Crippen LogP contribution >= 0.6 is 0 Å². The molecular formula is C19H25N5O4. The monoisotopic (exact) mass is 387 g/mol. The number of hydrogen-bond donors (Lipinski definition) is 2. The minimum Gasteiger partial charge on any atom is -0.341 e. The zero-order valence-corrected chi connectivity index (χ0v) is 15.7. The summed E-state index contributed by atoms with van der Waals surface area (Å²) >= 11 is 0. The predicted octanol–water partition coefficient (Wildman–Crippen LogP) is 0.0633. The number of pyridine rings is 1. The summed E-state index contributed by atoms with van der Waals surface area (Å²) in [6, 6.07) is 2.65. The van der Waals surface area contributed by atoms with Crippen molar-refractivity contribution in [3.8, 4) is 0 Å². The van der Waals surface area contributed by atoms with Crippen LogP contribution in [-0.2, 0) is 20.8 Å². The Morgan fingerprint density at radius 1 is 1.07 bits per heavy atom. The average molecular weight is 387 g/mol. The van der Waals surface area contributed by atoms with Crippen molar-refractivity contribution in [3.63, 3.8) is 0 Å². The van der Waals surface area contributed by atoms with E-state index < -0.39 is 12.1 Å². The molecule has 1 aromatic rings. The standard InChI is InChI=1S/C19H25N5O4/c25-16(6-4-14-3-1-8-20-13-14)23-9-2-10-24(12-11-23)17(26)7-5-15-18(27)22-19(28)21-15/h1,3,8,13,15H,2,4-7,9-12H2,(H2,21,22,27,28)/t15-/m0/s1. The average Bonchev–Trinajstić information content (AvgIpc) is 2.88. The van der Waals surface area contributed by atoms with Gasteiger partial charge in [-0.3, -0.25) is 24.7 Å². The molecule has 2 N–H and O–H groups in total. The lowest BCUT2D eigenvalue weighted by atomic mass is 10.1. The first kappa shape index (κ1) is 19.8. The molecule has 1 aromatic heterocycles. The van der Waals surface area contributed by atoms with E-state index in [9.17, 15) is 19.2 Å². The molecule has 2 aliphatic rings. The Bertz CT molecular complexity index is 739. The molecule has 0 aromatic carbocycles. The first-order valence-corrected chi connectivity index (χ1v) is 9.59. The molecule has 9 nitrogen and oxygen atoms in total. The molecule has 5 amide bonds. The normalized spacial score (nSPS) is 19.8. The van der Waals surface area contributed by atoms with Crippen molar-refractivity contribution in [2.24, 2.45) is 0 Å². The lowest BCUT2D eigenvalue weighted by Gasteiger charge is -2.22. The van der Waals surface area contributed by atoms with Crippen LogP contribution in [0.15, 0.2) is 24.5 Å². The second-order valence-corrected chi connectivity index (χ2v) is 7.03. The molecule has 0 unspecified atom stereocenters. The molecule has 150 valence electrons. The van der Waals surface area contributed by atoms with Gasteiger partial charge in [-0.15, -0.1) is 0 Å². The first-order chi connectivity index (χ1) is 13.5. The van der Waals surface area contributed by atoms with E-state index in [-0.39, 0.29) is 30.6 Å². The van der Waals surface area contributed by atoms with Crippen LogP contribution in [0.25, 0.3) is 0 Å². The molecule has 1 atom stereocenters. The van der Waals surface area contributed by atoms with Gasteiger partial charge in [-0.2, -0.15) is 0 Å². The lowest BCUT2D eigenvalue weighted by Crippen LogP contribution is -2.38. The first-order valence-electron chi connectivity index (χ1n) is 9.59. The van der Waals surface area contributed by atoms with Crippen LogP contribution in [0.4, 0.5) is 4.79 Å². The quantitative estimate of drug-likeness (QED) is 0.671. The summed E-state index contributed by atoms with van der Waals surface area (Å²) in [5.74, 6) is -0.360. The van der Waals surface area contributed by atoms with Gasteiger partial charge in [-0.1, -0.05) is 6.07 Å². The fourth-order valence-electron chi connectivity index (χ4n) is 3.46. The SMILES string of the molecule is O=C1NC(=O)[C@H](CCC(=O)N2CCCN(C(=O)CCc3cccnc3)CC2)N1. The molecule has 0 aliphatic carbocycles. The zero-order valence-electron chi connectivity index (χ0n) is 15.7. The highest BCUT2D eigenvalue weighted by Crippen LogP contribution is 2.11. The molecule has 0 saturated carbocycles. The van der Waals surface area contributed by atoms with Crippen molar-refractivity contribution in [2.75, 3.05) is 26.2 Å². The minimum atomic E-state index is -0.644. The number of rotatable bonds is 6. The van der Waals surface area contributed by atoms with E-state index in [0.717, 1.165) is 12.0 Å². The smallest absolute Gasteiger partial charge is 0.322 e. The van der Waals surface area contributed by atoms with Gasteiger partial charge in [0.05, 0.1) is 0 Å². The van der Waals surface area contributed by atoms with Gasteiger partial charge in [-0.05, 0) is 30.9 Å². The third-order valence-electron chi connectivity index (χ3n) is 5.06. The Kier molecular flexibility index (Phi) is 6.57. The fraction of sp³-hybridized carbons (Fsp3) is 0.526. The zero-order chi connectivity index (χ0) is 19.9. The van der Waals surface area contributed by atoms with Gasteiger partial charge in [0.1, 0.15) is 6.04 Å². The summed E-state index contributed by atoms with van der Waals surface area (Å²) in [5.41, 5.74) is 1.03. The Labute approximate surface area is 163 Å². The lowest BCUT2D eigenvalue weighted by molar-refractivity contribution is -0.133. The van der Waals surface area contributed by atoms with Crippen LogP contribution in [0.1, 0.15) is 31.2 Å². The number of imide groups is 1.